The summed E-state index contributed by atoms with van der Waals surface area (Å²) in [6.45, 7) is 1.96. The second kappa shape index (κ2) is 4.44. The van der Waals surface area contributed by atoms with Crippen molar-refractivity contribution in [3.05, 3.63) is 64.6 Å². The zero-order valence-electron chi connectivity index (χ0n) is 10.3. The Morgan fingerprint density at radius 2 is 1.89 bits per heavy atom. The van der Waals surface area contributed by atoms with Gasteiger partial charge in [0.15, 0.2) is 5.65 Å². The summed E-state index contributed by atoms with van der Waals surface area (Å²) in [5.74, 6) is -0.177. The van der Waals surface area contributed by atoms with Crippen LogP contribution in [0.25, 0.3) is 5.65 Å². The molecule has 0 saturated carbocycles. The number of carbonyl (C=O) groups excluding carboxylic acids is 1. The van der Waals surface area contributed by atoms with E-state index in [9.17, 15) is 4.79 Å². The van der Waals surface area contributed by atoms with Crippen LogP contribution in [0.1, 0.15) is 15.9 Å². The Morgan fingerprint density at radius 3 is 2.63 bits per heavy atom. The van der Waals surface area contributed by atoms with Crippen LogP contribution in [0.3, 0.4) is 0 Å². The van der Waals surface area contributed by atoms with Gasteiger partial charge in [-0.05, 0) is 42.9 Å². The molecule has 4 nitrogen and oxygen atoms in total. The zero-order chi connectivity index (χ0) is 13.4. The van der Waals surface area contributed by atoms with E-state index in [4.69, 9.17) is 12.2 Å². The normalized spacial score (nSPS) is 10.8. The molecule has 0 N–H and O–H groups in total. The fourth-order valence-electron chi connectivity index (χ4n) is 1.96. The van der Waals surface area contributed by atoms with Gasteiger partial charge >= 0.3 is 0 Å². The molecule has 0 fully saturated rings. The fourth-order valence-corrected chi connectivity index (χ4v) is 2.22. The summed E-state index contributed by atoms with van der Waals surface area (Å²) in [7, 11) is 0. The number of nitrogens with zero attached hydrogens (tertiary/aromatic N) is 3. The highest BCUT2D eigenvalue weighted by Gasteiger charge is 2.13. The second-order valence-corrected chi connectivity index (χ2v) is 4.65. The average Bonchev–Trinajstić information content (AvgIpc) is 2.74. The Hall–Kier alpha value is -2.27. The summed E-state index contributed by atoms with van der Waals surface area (Å²) in [6.07, 6.45) is 1.85. The molecular weight excluding hydrogens is 258 g/mol. The maximum Gasteiger partial charge on any atom is 0.279 e. The van der Waals surface area contributed by atoms with E-state index in [2.05, 4.69) is 4.98 Å². The minimum Gasteiger partial charge on any atom is -0.267 e. The minimum absolute atomic E-state index is 0.177. The van der Waals surface area contributed by atoms with Gasteiger partial charge in [-0.25, -0.2) is 4.52 Å². The third kappa shape index (κ3) is 1.98. The molecule has 0 atom stereocenters. The third-order valence-corrected chi connectivity index (χ3v) is 3.14. The maximum atomic E-state index is 12.5. The first-order valence-electron chi connectivity index (χ1n) is 5.84. The smallest absolute Gasteiger partial charge is 0.267 e. The molecule has 5 heteroatoms. The van der Waals surface area contributed by atoms with Crippen molar-refractivity contribution in [3.8, 4) is 0 Å². The third-order valence-electron chi connectivity index (χ3n) is 2.88. The minimum atomic E-state index is -0.177. The molecule has 94 valence electrons. The van der Waals surface area contributed by atoms with E-state index in [-0.39, 0.29) is 10.7 Å². The molecule has 1 aromatic carbocycles. The molecule has 0 unspecified atom stereocenters. The molecule has 0 bridgehead atoms. The first-order valence-corrected chi connectivity index (χ1v) is 6.25. The molecule has 0 aliphatic carbocycles. The molecule has 3 aromatic rings. The van der Waals surface area contributed by atoms with Crippen molar-refractivity contribution in [1.82, 2.24) is 14.2 Å². The van der Waals surface area contributed by atoms with Crippen LogP contribution >= 0.6 is 12.2 Å². The summed E-state index contributed by atoms with van der Waals surface area (Å²) in [5, 5.41) is 0. The van der Waals surface area contributed by atoms with Crippen LogP contribution in [-0.2, 0) is 0 Å². The largest absolute Gasteiger partial charge is 0.279 e. The molecule has 0 spiro atoms. The van der Waals surface area contributed by atoms with Gasteiger partial charge in [-0.1, -0.05) is 24.3 Å². The van der Waals surface area contributed by atoms with E-state index in [0.717, 1.165) is 5.56 Å². The van der Waals surface area contributed by atoms with Gasteiger partial charge in [0, 0.05) is 11.8 Å². The van der Waals surface area contributed by atoms with Crippen molar-refractivity contribution in [2.45, 2.75) is 6.92 Å². The number of hydrogen-bond donors (Lipinski definition) is 0. The molecule has 0 saturated heterocycles. The maximum absolute atomic E-state index is 12.5. The first kappa shape index (κ1) is 11.8. The summed E-state index contributed by atoms with van der Waals surface area (Å²) in [5.41, 5.74) is 2.29. The van der Waals surface area contributed by atoms with Gasteiger partial charge in [0.2, 0.25) is 4.77 Å². The molecule has 0 amide bonds. The van der Waals surface area contributed by atoms with Crippen LogP contribution in [0.4, 0.5) is 0 Å². The Kier molecular flexibility index (Phi) is 2.76. The topological polar surface area (TPSA) is 39.3 Å². The molecule has 0 aliphatic heterocycles. The molecule has 0 radical (unpaired) electrons. The molecule has 2 heterocycles. The highest BCUT2D eigenvalue weighted by molar-refractivity contribution is 7.71. The number of hydrogen-bond acceptors (Lipinski definition) is 3. The van der Waals surface area contributed by atoms with Gasteiger partial charge < -0.3 is 0 Å². The lowest BCUT2D eigenvalue weighted by molar-refractivity contribution is 0.0938. The first-order chi connectivity index (χ1) is 9.16. The summed E-state index contributed by atoms with van der Waals surface area (Å²) >= 11 is 5.18. The van der Waals surface area contributed by atoms with Crippen molar-refractivity contribution in [1.29, 1.82) is 0 Å². The zero-order valence-corrected chi connectivity index (χ0v) is 11.1. The Balaban J connectivity index is 2.25. The molecule has 2 aromatic heterocycles. The highest BCUT2D eigenvalue weighted by atomic mass is 32.1. The van der Waals surface area contributed by atoms with E-state index in [0.29, 0.717) is 11.2 Å². The monoisotopic (exact) mass is 269 g/mol. The highest BCUT2D eigenvalue weighted by Crippen LogP contribution is 2.09. The van der Waals surface area contributed by atoms with Gasteiger partial charge in [-0.3, -0.25) is 4.79 Å². The van der Waals surface area contributed by atoms with Gasteiger partial charge in [0.1, 0.15) is 0 Å². The van der Waals surface area contributed by atoms with Gasteiger partial charge in [0.25, 0.3) is 5.91 Å². The number of aromatic nitrogens is 3. The lowest BCUT2D eigenvalue weighted by Crippen LogP contribution is -2.17. The molecular formula is C14H11N3OS. The summed E-state index contributed by atoms with van der Waals surface area (Å²) in [6, 6.07) is 12.8. The van der Waals surface area contributed by atoms with Crippen LogP contribution in [0.2, 0.25) is 0 Å². The van der Waals surface area contributed by atoms with Crippen molar-refractivity contribution >= 4 is 23.8 Å². The van der Waals surface area contributed by atoms with Crippen molar-refractivity contribution in [2.75, 3.05) is 0 Å². The van der Waals surface area contributed by atoms with E-state index in [1.54, 1.807) is 16.6 Å². The quantitative estimate of drug-likeness (QED) is 0.638. The number of rotatable bonds is 1. The lowest BCUT2D eigenvalue weighted by atomic mass is 10.2. The molecule has 3 rings (SSSR count). The Bertz CT molecular complexity index is 818. The number of pyridine rings is 1. The van der Waals surface area contributed by atoms with Gasteiger partial charge in [-0.15, -0.1) is 0 Å². The standard InChI is InChI=1S/C14H11N3OS/c1-10-7-8-12-15-14(19)17(16(12)9-10)13(18)11-5-3-2-4-6-11/h2-9H,1H3. The average molecular weight is 269 g/mol. The van der Waals surface area contributed by atoms with E-state index in [1.807, 2.05) is 43.5 Å². The summed E-state index contributed by atoms with van der Waals surface area (Å²) in [4.78, 5) is 16.7. The molecule has 0 aliphatic rings. The number of benzene rings is 1. The number of aryl methyl sites for hydroxylation is 1. The predicted molar refractivity (Wildman–Crippen MR) is 74.9 cm³/mol. The number of carbonyl (C=O) groups is 1. The van der Waals surface area contributed by atoms with E-state index >= 15 is 0 Å². The van der Waals surface area contributed by atoms with Crippen LogP contribution < -0.4 is 0 Å². The van der Waals surface area contributed by atoms with Crippen LogP contribution in [0.5, 0.6) is 0 Å². The van der Waals surface area contributed by atoms with Crippen molar-refractivity contribution in [3.63, 3.8) is 0 Å². The molecule has 19 heavy (non-hydrogen) atoms. The number of fused-ring (bicyclic) bond motifs is 1. The van der Waals surface area contributed by atoms with Gasteiger partial charge in [-0.2, -0.15) is 9.67 Å². The predicted octanol–water partition coefficient (Wildman–Crippen LogP) is 2.86. The summed E-state index contributed by atoms with van der Waals surface area (Å²) < 4.78 is 3.36. The van der Waals surface area contributed by atoms with Crippen molar-refractivity contribution in [2.24, 2.45) is 0 Å². The SMILES string of the molecule is Cc1ccc2nc(=S)n(C(=O)c3ccccc3)n2c1. The van der Waals surface area contributed by atoms with E-state index in [1.165, 1.54) is 4.68 Å². The van der Waals surface area contributed by atoms with Crippen LogP contribution in [0, 0.1) is 11.7 Å². The van der Waals surface area contributed by atoms with Crippen LogP contribution in [0.15, 0.2) is 48.7 Å². The fraction of sp³-hybridized carbons (Fsp3) is 0.0714. The van der Waals surface area contributed by atoms with Crippen molar-refractivity contribution < 1.29 is 4.79 Å². The Labute approximate surface area is 114 Å². The van der Waals surface area contributed by atoms with Crippen LogP contribution in [-0.4, -0.2) is 20.1 Å². The van der Waals surface area contributed by atoms with E-state index < -0.39 is 0 Å². The van der Waals surface area contributed by atoms with Gasteiger partial charge in [0.05, 0.1) is 0 Å². The second-order valence-electron chi connectivity index (χ2n) is 4.29. The lowest BCUT2D eigenvalue weighted by Gasteiger charge is -2.05. The Morgan fingerprint density at radius 1 is 1.16 bits per heavy atom.